The molecule has 1 aliphatic heterocycles. The van der Waals surface area contributed by atoms with Crippen LogP contribution in [0, 0.1) is 0 Å². The van der Waals surface area contributed by atoms with Gasteiger partial charge in [0.25, 0.3) is 0 Å². The minimum absolute atomic E-state index is 0. The maximum atomic E-state index is 4.22. The summed E-state index contributed by atoms with van der Waals surface area (Å²) in [5.74, 6) is 0. The zero-order valence-electron chi connectivity index (χ0n) is 5.73. The minimum Gasteiger partial charge on any atom is -0.661 e. The summed E-state index contributed by atoms with van der Waals surface area (Å²) < 4.78 is 0. The minimum atomic E-state index is 0. The van der Waals surface area contributed by atoms with Gasteiger partial charge in [-0.2, -0.15) is 0 Å². The van der Waals surface area contributed by atoms with Gasteiger partial charge in [-0.1, -0.05) is 13.3 Å². The van der Waals surface area contributed by atoms with Crippen molar-refractivity contribution in [3.05, 3.63) is 5.32 Å². The Morgan fingerprint density at radius 2 is 2.44 bits per heavy atom. The largest absolute Gasteiger partial charge is 0.661 e. The number of likely N-dealkylation sites (N-methyl/N-ethyl adjacent to an activating group) is 1. The summed E-state index contributed by atoms with van der Waals surface area (Å²) in [4.78, 5) is 0. The van der Waals surface area contributed by atoms with Gasteiger partial charge in [-0.05, 0) is 12.6 Å². The third-order valence-corrected chi connectivity index (χ3v) is 1.48. The predicted molar refractivity (Wildman–Crippen MR) is 35.2 cm³/mol. The molecular weight excluding hydrogens is 286 g/mol. The molecule has 0 amide bonds. The molecule has 1 N–H and O–H groups in total. The Labute approximate surface area is 70.4 Å². The molecule has 1 saturated heterocycles. The van der Waals surface area contributed by atoms with Crippen molar-refractivity contribution in [1.82, 2.24) is 5.32 Å². The van der Waals surface area contributed by atoms with Crippen molar-refractivity contribution in [3.8, 4) is 0 Å². The van der Waals surface area contributed by atoms with E-state index in [2.05, 4.69) is 17.6 Å². The van der Waals surface area contributed by atoms with Gasteiger partial charge in [-0.15, -0.1) is 13.1 Å². The summed E-state index contributed by atoms with van der Waals surface area (Å²) in [6, 6.07) is 0.694. The third-order valence-electron chi connectivity index (χ3n) is 1.48. The molecule has 9 heavy (non-hydrogen) atoms. The van der Waals surface area contributed by atoms with Crippen LogP contribution in [0.4, 0.5) is 0 Å². The van der Waals surface area contributed by atoms with E-state index in [0.29, 0.717) is 6.04 Å². The smallest absolute Gasteiger partial charge is 0 e. The fourth-order valence-electron chi connectivity index (χ4n) is 1.04. The van der Waals surface area contributed by atoms with E-state index in [1.165, 1.54) is 6.42 Å². The van der Waals surface area contributed by atoms with E-state index < -0.39 is 0 Å². The Balaban J connectivity index is 0.000000640. The van der Waals surface area contributed by atoms with E-state index >= 15 is 0 Å². The van der Waals surface area contributed by atoms with Crippen LogP contribution in [0.5, 0.6) is 0 Å². The fraction of sp³-hybridized carbons (Fsp3) is 1.00. The van der Waals surface area contributed by atoms with E-state index in [1.807, 2.05) is 0 Å². The molecule has 1 unspecified atom stereocenters. The van der Waals surface area contributed by atoms with Gasteiger partial charge in [0.05, 0.1) is 0 Å². The Hall–Kier alpha value is 0.582. The number of nitrogens with one attached hydrogen (secondary N) is 1. The average molecular weight is 299 g/mol. The van der Waals surface area contributed by atoms with Crippen molar-refractivity contribution < 1.29 is 20.4 Å². The Morgan fingerprint density at radius 1 is 1.67 bits per heavy atom. The summed E-state index contributed by atoms with van der Waals surface area (Å²) in [6.07, 6.45) is 1.24. The van der Waals surface area contributed by atoms with Gasteiger partial charge in [0.15, 0.2) is 0 Å². The van der Waals surface area contributed by atoms with E-state index in [1.54, 1.807) is 0 Å². The molecule has 1 rings (SSSR count). The van der Waals surface area contributed by atoms with Crippen LogP contribution >= 0.6 is 0 Å². The number of rotatable bonds is 2. The molecule has 0 aromatic heterocycles. The summed E-state index contributed by atoms with van der Waals surface area (Å²) in [7, 11) is 0. The van der Waals surface area contributed by atoms with Crippen molar-refractivity contribution in [2.45, 2.75) is 19.4 Å². The number of hydrogen-bond acceptors (Lipinski definition) is 1. The molecule has 0 spiro atoms. The van der Waals surface area contributed by atoms with E-state index in [4.69, 9.17) is 0 Å². The molecule has 1 radical (unpaired) electrons. The van der Waals surface area contributed by atoms with Crippen molar-refractivity contribution in [3.63, 3.8) is 0 Å². The molecule has 1 aliphatic rings. The first-order valence-electron chi connectivity index (χ1n) is 3.30. The first-order chi connectivity index (χ1) is 3.93. The second kappa shape index (κ2) is 5.37. The Morgan fingerprint density at radius 3 is 2.89 bits per heavy atom. The van der Waals surface area contributed by atoms with E-state index in [-0.39, 0.29) is 20.4 Å². The van der Waals surface area contributed by atoms with Crippen LogP contribution in [-0.2, 0) is 20.4 Å². The summed E-state index contributed by atoms with van der Waals surface area (Å²) in [5, 5.41) is 7.57. The summed E-state index contributed by atoms with van der Waals surface area (Å²) >= 11 is 0. The predicted octanol–water partition coefficient (Wildman–Crippen LogP) is 0.739. The zero-order chi connectivity index (χ0) is 5.82. The molecule has 1 fully saturated rings. The molecule has 0 aliphatic carbocycles. The van der Waals surface area contributed by atoms with Crippen molar-refractivity contribution in [2.24, 2.45) is 0 Å². The van der Waals surface area contributed by atoms with E-state index in [9.17, 15) is 0 Å². The molecule has 1 atom stereocenters. The second-order valence-electron chi connectivity index (χ2n) is 2.17. The maximum absolute atomic E-state index is 4.22. The number of nitrogens with zero attached hydrogens (tertiary/aromatic N) is 1. The molecule has 0 aromatic rings. The first-order valence-corrected chi connectivity index (χ1v) is 3.30. The third kappa shape index (κ3) is 3.32. The fourth-order valence-corrected chi connectivity index (χ4v) is 1.04. The topological polar surface area (TPSA) is 26.1 Å². The molecule has 1 heterocycles. The van der Waals surface area contributed by atoms with Crippen LogP contribution in [0.2, 0.25) is 0 Å². The molecule has 3 heteroatoms. The van der Waals surface area contributed by atoms with Gasteiger partial charge in [-0.25, -0.2) is 0 Å². The van der Waals surface area contributed by atoms with Crippen molar-refractivity contribution >= 4 is 0 Å². The first kappa shape index (κ1) is 9.58. The van der Waals surface area contributed by atoms with Crippen LogP contribution in [0.1, 0.15) is 13.3 Å². The van der Waals surface area contributed by atoms with Crippen LogP contribution in [0.15, 0.2) is 0 Å². The van der Waals surface area contributed by atoms with Gasteiger partial charge in [0, 0.05) is 20.4 Å². The molecule has 0 saturated carbocycles. The van der Waals surface area contributed by atoms with Gasteiger partial charge < -0.3 is 10.6 Å². The van der Waals surface area contributed by atoms with Gasteiger partial charge in [0.2, 0.25) is 0 Å². The van der Waals surface area contributed by atoms with Crippen LogP contribution in [-0.4, -0.2) is 25.7 Å². The molecule has 2 nitrogen and oxygen atoms in total. The molecular formula is C6H13N2Re-. The molecule has 55 valence electrons. The summed E-state index contributed by atoms with van der Waals surface area (Å²) in [5.41, 5.74) is 0. The summed E-state index contributed by atoms with van der Waals surface area (Å²) in [6.45, 7) is 5.32. The standard InChI is InChI=1S/C6H13N2.Re/c1-2-8-6-3-4-7-5-6;/h6,8H,2-5H2,1H3;/q-1;. The number of hydrogen-bond donors (Lipinski definition) is 1. The van der Waals surface area contributed by atoms with Gasteiger partial charge in [0.1, 0.15) is 0 Å². The quantitative estimate of drug-likeness (QED) is 0.800. The van der Waals surface area contributed by atoms with E-state index in [0.717, 1.165) is 19.6 Å². The maximum Gasteiger partial charge on any atom is 0 e. The Bertz CT molecular complexity index is 62.1. The second-order valence-corrected chi connectivity index (χ2v) is 2.17. The monoisotopic (exact) mass is 300 g/mol. The molecule has 0 bridgehead atoms. The van der Waals surface area contributed by atoms with Crippen LogP contribution in [0.25, 0.3) is 5.32 Å². The average Bonchev–Trinajstić information content (AvgIpc) is 2.19. The molecule has 0 aromatic carbocycles. The van der Waals surface area contributed by atoms with Crippen LogP contribution in [0.3, 0.4) is 0 Å². The van der Waals surface area contributed by atoms with Crippen molar-refractivity contribution in [1.29, 1.82) is 0 Å². The van der Waals surface area contributed by atoms with Gasteiger partial charge >= 0.3 is 0 Å². The normalized spacial score (nSPS) is 25.7. The van der Waals surface area contributed by atoms with Crippen molar-refractivity contribution in [2.75, 3.05) is 19.6 Å². The van der Waals surface area contributed by atoms with Gasteiger partial charge in [-0.3, -0.25) is 0 Å². The zero-order valence-corrected chi connectivity index (χ0v) is 8.45. The SMILES string of the molecule is CCNC1CC[N-]C1.[Re]. The Kier molecular flexibility index (Phi) is 5.72. The van der Waals surface area contributed by atoms with Crippen LogP contribution < -0.4 is 5.32 Å².